The molecule has 9 nitrogen and oxygen atoms in total. The smallest absolute Gasteiger partial charge is 0.262 e. The van der Waals surface area contributed by atoms with Gasteiger partial charge in [0.1, 0.15) is 15.6 Å². The average molecular weight is 610 g/mol. The fourth-order valence-electron chi connectivity index (χ4n) is 5.70. The van der Waals surface area contributed by atoms with Crippen LogP contribution in [0.2, 0.25) is 5.02 Å². The van der Waals surface area contributed by atoms with Crippen LogP contribution in [0, 0.1) is 5.41 Å². The van der Waals surface area contributed by atoms with Crippen LogP contribution >= 0.6 is 23.4 Å². The Bertz CT molecular complexity index is 1650. The Morgan fingerprint density at radius 1 is 1.12 bits per heavy atom. The maximum atomic E-state index is 13.1. The van der Waals surface area contributed by atoms with E-state index in [1.807, 2.05) is 39.1 Å². The fraction of sp³-hybridized carbons (Fsp3) is 0.414. The minimum absolute atomic E-state index is 0.00278. The average Bonchev–Trinajstić information content (AvgIpc) is 3.24. The van der Waals surface area contributed by atoms with E-state index in [1.165, 1.54) is 28.2 Å². The summed E-state index contributed by atoms with van der Waals surface area (Å²) in [7, 11) is 1.66. The second kappa shape index (κ2) is 10.9. The molecule has 2 atom stereocenters. The molecule has 41 heavy (non-hydrogen) atoms. The molecule has 214 valence electrons. The maximum Gasteiger partial charge on any atom is 0.262 e. The highest BCUT2D eigenvalue weighted by molar-refractivity contribution is 7.99. The van der Waals surface area contributed by atoms with Crippen LogP contribution in [0.3, 0.4) is 0 Å². The molecular formula is C29H32ClN7O2S2. The Morgan fingerprint density at radius 3 is 2.61 bits per heavy atom. The standard InChI is InChI=1S/C29H32ClN7O2S2/c1-28(2,3)41(39)35-26-18-6-5-11-31-20(18)14-29(26)9-12-37(13-10-29)22-15-33-23(16-32-22)40-21-8-7-19-24(25(21)30)27(38)36(4)17-34-19/h5-8,11,15-17,26,35H,9-10,12-14H2,1-4H3/t26-,41?/m1/s1. The van der Waals surface area contributed by atoms with Crippen molar-refractivity contribution in [3.63, 3.8) is 0 Å². The second-order valence-corrected chi connectivity index (χ2v) is 15.2. The third kappa shape index (κ3) is 5.34. The Kier molecular flexibility index (Phi) is 7.52. The molecule has 1 aromatic carbocycles. The Labute approximate surface area is 251 Å². The second-order valence-electron chi connectivity index (χ2n) is 11.7. The van der Waals surface area contributed by atoms with Crippen LogP contribution in [0.4, 0.5) is 5.82 Å². The number of nitrogens with one attached hydrogen (secondary N) is 1. The number of piperidine rings is 1. The van der Waals surface area contributed by atoms with Gasteiger partial charge in [0.05, 0.1) is 40.7 Å². The van der Waals surface area contributed by atoms with Crippen LogP contribution in [0.1, 0.15) is 50.9 Å². The zero-order valence-electron chi connectivity index (χ0n) is 23.4. The van der Waals surface area contributed by atoms with Crippen LogP contribution in [-0.2, 0) is 24.8 Å². The predicted molar refractivity (Wildman–Crippen MR) is 164 cm³/mol. The Morgan fingerprint density at radius 2 is 1.90 bits per heavy atom. The van der Waals surface area contributed by atoms with E-state index in [4.69, 9.17) is 16.6 Å². The molecule has 1 aliphatic carbocycles. The van der Waals surface area contributed by atoms with Gasteiger partial charge in [0.25, 0.3) is 5.56 Å². The van der Waals surface area contributed by atoms with E-state index in [2.05, 4.69) is 30.6 Å². The first-order chi connectivity index (χ1) is 19.6. The number of fused-ring (bicyclic) bond motifs is 2. The summed E-state index contributed by atoms with van der Waals surface area (Å²) in [6, 6.07) is 7.74. The topological polar surface area (TPSA) is 112 Å². The van der Waals surface area contributed by atoms with Gasteiger partial charge in [0.15, 0.2) is 0 Å². The SMILES string of the molecule is Cn1cnc2ccc(Sc3cnc(N4CCC5(CC4)Cc4ncccc4[C@H]5N[S+]([O-])C(C)(C)C)cn3)c(Cl)c2c1=O. The van der Waals surface area contributed by atoms with Crippen LogP contribution in [0.15, 0.2) is 63.9 Å². The van der Waals surface area contributed by atoms with Crippen molar-refractivity contribution < 1.29 is 4.55 Å². The lowest BCUT2D eigenvalue weighted by molar-refractivity contribution is 0.175. The lowest BCUT2D eigenvalue weighted by Crippen LogP contribution is -2.49. The highest BCUT2D eigenvalue weighted by Crippen LogP contribution is 2.52. The van der Waals surface area contributed by atoms with Crippen molar-refractivity contribution in [1.82, 2.24) is 29.2 Å². The molecule has 12 heteroatoms. The zero-order valence-corrected chi connectivity index (χ0v) is 25.8. The minimum Gasteiger partial charge on any atom is -0.598 e. The summed E-state index contributed by atoms with van der Waals surface area (Å²) in [4.78, 5) is 34.0. The van der Waals surface area contributed by atoms with Crippen molar-refractivity contribution in [2.45, 2.75) is 60.7 Å². The molecule has 1 N–H and O–H groups in total. The summed E-state index contributed by atoms with van der Waals surface area (Å²) >= 11 is 6.81. The van der Waals surface area contributed by atoms with Crippen molar-refractivity contribution in [1.29, 1.82) is 0 Å². The van der Waals surface area contributed by atoms with Gasteiger partial charge < -0.3 is 14.0 Å². The first-order valence-electron chi connectivity index (χ1n) is 13.6. The van der Waals surface area contributed by atoms with Gasteiger partial charge in [-0.1, -0.05) is 29.4 Å². The number of anilines is 1. The number of hydrogen-bond acceptors (Lipinski definition) is 9. The largest absolute Gasteiger partial charge is 0.598 e. The van der Waals surface area contributed by atoms with E-state index < -0.39 is 11.4 Å². The highest BCUT2D eigenvalue weighted by Gasteiger charge is 2.51. The van der Waals surface area contributed by atoms with Gasteiger partial charge in [-0.15, -0.1) is 4.72 Å². The van der Waals surface area contributed by atoms with Crippen LogP contribution in [-0.4, -0.2) is 46.9 Å². The lowest BCUT2D eigenvalue weighted by atomic mass is 9.73. The van der Waals surface area contributed by atoms with E-state index in [-0.39, 0.29) is 21.8 Å². The molecule has 2 aliphatic rings. The van der Waals surface area contributed by atoms with Gasteiger partial charge in [0, 0.05) is 53.7 Å². The Hall–Kier alpha value is -2.70. The maximum absolute atomic E-state index is 13.1. The normalized spacial score (nSPS) is 19.1. The molecule has 0 saturated carbocycles. The van der Waals surface area contributed by atoms with E-state index in [9.17, 15) is 9.35 Å². The third-order valence-electron chi connectivity index (χ3n) is 8.05. The molecule has 1 unspecified atom stereocenters. The van der Waals surface area contributed by atoms with Crippen LogP contribution < -0.4 is 15.2 Å². The van der Waals surface area contributed by atoms with Gasteiger partial charge in [-0.25, -0.2) is 15.0 Å². The first kappa shape index (κ1) is 28.4. The first-order valence-corrected chi connectivity index (χ1v) is 15.9. The van der Waals surface area contributed by atoms with E-state index in [1.54, 1.807) is 25.5 Å². The van der Waals surface area contributed by atoms with Crippen LogP contribution in [0.5, 0.6) is 0 Å². The number of benzene rings is 1. The fourth-order valence-corrected chi connectivity index (χ4v) is 7.76. The summed E-state index contributed by atoms with van der Waals surface area (Å²) in [6.45, 7) is 7.64. The molecule has 1 spiro atoms. The van der Waals surface area contributed by atoms with E-state index in [0.717, 1.165) is 48.8 Å². The number of nitrogens with zero attached hydrogens (tertiary/aromatic N) is 6. The molecule has 0 bridgehead atoms. The molecule has 3 aromatic heterocycles. The molecule has 6 rings (SSSR count). The molecule has 1 saturated heterocycles. The summed E-state index contributed by atoms with van der Waals surface area (Å²) in [5, 5.41) is 1.46. The molecule has 4 heterocycles. The molecule has 0 amide bonds. The minimum atomic E-state index is -1.19. The van der Waals surface area contributed by atoms with Gasteiger partial charge >= 0.3 is 0 Å². The molecule has 1 fully saturated rings. The monoisotopic (exact) mass is 609 g/mol. The van der Waals surface area contributed by atoms with Gasteiger partial charge in [0.2, 0.25) is 0 Å². The summed E-state index contributed by atoms with van der Waals surface area (Å²) in [5.41, 5.74) is 2.60. The van der Waals surface area contributed by atoms with Crippen molar-refractivity contribution >= 4 is 51.4 Å². The van der Waals surface area contributed by atoms with Crippen molar-refractivity contribution in [2.75, 3.05) is 18.0 Å². The summed E-state index contributed by atoms with van der Waals surface area (Å²) in [5.74, 6) is 0.822. The number of aromatic nitrogens is 5. The quantitative estimate of drug-likeness (QED) is 0.317. The van der Waals surface area contributed by atoms with E-state index in [0.29, 0.717) is 21.0 Å². The summed E-state index contributed by atoms with van der Waals surface area (Å²) < 4.78 is 17.7. The van der Waals surface area contributed by atoms with Crippen molar-refractivity contribution in [3.05, 3.63) is 75.8 Å². The van der Waals surface area contributed by atoms with Gasteiger partial charge in [-0.2, -0.15) is 0 Å². The zero-order chi connectivity index (χ0) is 28.9. The molecular weight excluding hydrogens is 578 g/mol. The lowest BCUT2D eigenvalue weighted by Gasteiger charge is -2.44. The number of rotatable bonds is 5. The predicted octanol–water partition coefficient (Wildman–Crippen LogP) is 4.86. The Balaban J connectivity index is 1.17. The summed E-state index contributed by atoms with van der Waals surface area (Å²) in [6.07, 6.45) is 9.62. The molecule has 4 aromatic rings. The highest BCUT2D eigenvalue weighted by atomic mass is 35.5. The number of hydrogen-bond donors (Lipinski definition) is 1. The number of pyridine rings is 1. The van der Waals surface area contributed by atoms with E-state index >= 15 is 0 Å². The molecule has 0 radical (unpaired) electrons. The van der Waals surface area contributed by atoms with Gasteiger partial charge in [-0.05, 0) is 63.8 Å². The van der Waals surface area contributed by atoms with Crippen molar-refractivity contribution in [2.24, 2.45) is 12.5 Å². The number of halogens is 1. The number of aryl methyl sites for hydroxylation is 1. The van der Waals surface area contributed by atoms with Gasteiger partial charge in [-0.3, -0.25) is 9.78 Å². The van der Waals surface area contributed by atoms with Crippen molar-refractivity contribution in [3.8, 4) is 0 Å². The molecule has 1 aliphatic heterocycles. The third-order valence-corrected chi connectivity index (χ3v) is 11.1. The van der Waals surface area contributed by atoms with Crippen LogP contribution in [0.25, 0.3) is 10.9 Å².